The van der Waals surface area contributed by atoms with Gasteiger partial charge in [0.25, 0.3) is 5.89 Å². The van der Waals surface area contributed by atoms with Gasteiger partial charge in [0.2, 0.25) is 5.91 Å². The minimum atomic E-state index is -0.0577. The van der Waals surface area contributed by atoms with Gasteiger partial charge >= 0.3 is 0 Å². The normalized spacial score (nSPS) is 18.7. The third-order valence-corrected chi connectivity index (χ3v) is 5.93. The van der Waals surface area contributed by atoms with Crippen LogP contribution in [0.5, 0.6) is 5.75 Å². The highest BCUT2D eigenvalue weighted by atomic mass is 16.5. The SMILES string of the molecule is COc1ccc(-c2nc(C3CC(=O)N(c4cccc5c4CCCC5)C3)no2)cc1. The van der Waals surface area contributed by atoms with Crippen molar-refractivity contribution in [2.75, 3.05) is 18.6 Å². The first-order chi connectivity index (χ1) is 14.2. The van der Waals surface area contributed by atoms with E-state index in [1.54, 1.807) is 7.11 Å². The number of anilines is 1. The Morgan fingerprint density at radius 1 is 1.10 bits per heavy atom. The zero-order valence-corrected chi connectivity index (χ0v) is 16.4. The fraction of sp³-hybridized carbons (Fsp3) is 0.348. The van der Waals surface area contributed by atoms with Crippen LogP contribution in [0.4, 0.5) is 5.69 Å². The number of aryl methyl sites for hydroxylation is 1. The van der Waals surface area contributed by atoms with Gasteiger partial charge in [0.05, 0.1) is 7.11 Å². The summed E-state index contributed by atoms with van der Waals surface area (Å²) in [5.74, 6) is 1.90. The van der Waals surface area contributed by atoms with Gasteiger partial charge < -0.3 is 14.2 Å². The third-order valence-electron chi connectivity index (χ3n) is 5.93. The van der Waals surface area contributed by atoms with Crippen molar-refractivity contribution >= 4 is 11.6 Å². The van der Waals surface area contributed by atoms with Crippen LogP contribution in [0.15, 0.2) is 47.0 Å². The van der Waals surface area contributed by atoms with Crippen LogP contribution in [0.1, 0.15) is 42.1 Å². The lowest BCUT2D eigenvalue weighted by molar-refractivity contribution is -0.117. The first-order valence-corrected chi connectivity index (χ1v) is 10.1. The molecule has 1 aliphatic heterocycles. The summed E-state index contributed by atoms with van der Waals surface area (Å²) in [5.41, 5.74) is 4.61. The summed E-state index contributed by atoms with van der Waals surface area (Å²) < 4.78 is 10.7. The van der Waals surface area contributed by atoms with E-state index in [1.807, 2.05) is 29.2 Å². The van der Waals surface area contributed by atoms with Crippen LogP contribution in [-0.2, 0) is 17.6 Å². The molecule has 1 aromatic heterocycles. The highest BCUT2D eigenvalue weighted by Crippen LogP contribution is 2.36. The van der Waals surface area contributed by atoms with Crippen LogP contribution in [-0.4, -0.2) is 29.7 Å². The second kappa shape index (κ2) is 7.35. The molecule has 1 atom stereocenters. The zero-order valence-electron chi connectivity index (χ0n) is 16.4. The van der Waals surface area contributed by atoms with E-state index in [2.05, 4.69) is 28.3 Å². The molecule has 6 nitrogen and oxygen atoms in total. The van der Waals surface area contributed by atoms with Crippen molar-refractivity contribution in [2.45, 2.75) is 38.0 Å². The number of fused-ring (bicyclic) bond motifs is 1. The maximum atomic E-state index is 12.8. The molecule has 148 valence electrons. The molecule has 5 rings (SSSR count). The molecule has 1 fully saturated rings. The molecular formula is C23H23N3O3. The van der Waals surface area contributed by atoms with E-state index in [0.717, 1.165) is 29.8 Å². The van der Waals surface area contributed by atoms with Gasteiger partial charge in [-0.05, 0) is 67.1 Å². The largest absolute Gasteiger partial charge is 0.497 e. The third kappa shape index (κ3) is 3.28. The average molecular weight is 389 g/mol. The summed E-state index contributed by atoms with van der Waals surface area (Å²) in [7, 11) is 1.63. The van der Waals surface area contributed by atoms with Crippen molar-refractivity contribution in [2.24, 2.45) is 0 Å². The summed E-state index contributed by atoms with van der Waals surface area (Å²) >= 11 is 0. The maximum Gasteiger partial charge on any atom is 0.257 e. The van der Waals surface area contributed by atoms with Gasteiger partial charge in [-0.15, -0.1) is 0 Å². The number of aromatic nitrogens is 2. The Balaban J connectivity index is 1.38. The zero-order chi connectivity index (χ0) is 19.8. The van der Waals surface area contributed by atoms with Crippen molar-refractivity contribution < 1.29 is 14.1 Å². The van der Waals surface area contributed by atoms with E-state index < -0.39 is 0 Å². The molecule has 2 aliphatic rings. The lowest BCUT2D eigenvalue weighted by Gasteiger charge is -2.25. The summed E-state index contributed by atoms with van der Waals surface area (Å²) in [6.45, 7) is 0.594. The van der Waals surface area contributed by atoms with Crippen molar-refractivity contribution in [3.05, 3.63) is 59.4 Å². The smallest absolute Gasteiger partial charge is 0.257 e. The Kier molecular flexibility index (Phi) is 4.54. The van der Waals surface area contributed by atoms with Crippen LogP contribution >= 0.6 is 0 Å². The first-order valence-electron chi connectivity index (χ1n) is 10.1. The van der Waals surface area contributed by atoms with E-state index in [1.165, 1.54) is 24.0 Å². The summed E-state index contributed by atoms with van der Waals surface area (Å²) in [6.07, 6.45) is 4.97. The number of benzene rings is 2. The molecule has 0 bridgehead atoms. The number of carbonyl (C=O) groups is 1. The molecule has 2 aromatic carbocycles. The van der Waals surface area contributed by atoms with Gasteiger partial charge in [-0.25, -0.2) is 0 Å². The number of hydrogen-bond donors (Lipinski definition) is 0. The first kappa shape index (κ1) is 17.9. The van der Waals surface area contributed by atoms with Crippen LogP contribution in [0.2, 0.25) is 0 Å². The Labute approximate surface area is 169 Å². The highest BCUT2D eigenvalue weighted by molar-refractivity contribution is 5.97. The minimum absolute atomic E-state index is 0.0577. The molecule has 0 N–H and O–H groups in total. The fourth-order valence-electron chi connectivity index (χ4n) is 4.38. The summed E-state index contributed by atoms with van der Waals surface area (Å²) in [4.78, 5) is 19.3. The van der Waals surface area contributed by atoms with Gasteiger partial charge in [0.1, 0.15) is 5.75 Å². The average Bonchev–Trinajstić information content (AvgIpc) is 3.40. The topological polar surface area (TPSA) is 68.5 Å². The number of rotatable bonds is 4. The number of hydrogen-bond acceptors (Lipinski definition) is 5. The molecule has 29 heavy (non-hydrogen) atoms. The van der Waals surface area contributed by atoms with Crippen molar-refractivity contribution in [1.29, 1.82) is 0 Å². The molecule has 2 heterocycles. The van der Waals surface area contributed by atoms with Gasteiger partial charge in [0.15, 0.2) is 5.82 Å². The number of methoxy groups -OCH3 is 1. The Hall–Kier alpha value is -3.15. The molecule has 1 amide bonds. The lowest BCUT2D eigenvalue weighted by atomic mass is 9.90. The number of ether oxygens (including phenoxy) is 1. The van der Waals surface area contributed by atoms with E-state index >= 15 is 0 Å². The molecule has 1 unspecified atom stereocenters. The van der Waals surface area contributed by atoms with E-state index in [-0.39, 0.29) is 11.8 Å². The van der Waals surface area contributed by atoms with E-state index in [4.69, 9.17) is 9.26 Å². The van der Waals surface area contributed by atoms with Gasteiger partial charge in [0, 0.05) is 30.1 Å². The van der Waals surface area contributed by atoms with Crippen LogP contribution < -0.4 is 9.64 Å². The molecule has 0 saturated carbocycles. The predicted octanol–water partition coefficient (Wildman–Crippen LogP) is 4.14. The number of carbonyl (C=O) groups excluding carboxylic acids is 1. The molecule has 0 radical (unpaired) electrons. The Morgan fingerprint density at radius 2 is 1.93 bits per heavy atom. The van der Waals surface area contributed by atoms with E-state index in [0.29, 0.717) is 24.7 Å². The molecule has 0 spiro atoms. The maximum absolute atomic E-state index is 12.8. The molecule has 3 aromatic rings. The molecule has 1 saturated heterocycles. The predicted molar refractivity (Wildman–Crippen MR) is 109 cm³/mol. The second-order valence-electron chi connectivity index (χ2n) is 7.71. The molecular weight excluding hydrogens is 366 g/mol. The standard InChI is InChI=1S/C23H23N3O3/c1-28-18-11-9-16(10-12-18)23-24-22(25-29-23)17-13-21(27)26(14-17)20-8-4-6-15-5-2-3-7-19(15)20/h4,6,8-12,17H,2-3,5,7,13-14H2,1H3. The van der Waals surface area contributed by atoms with Gasteiger partial charge in [-0.3, -0.25) is 4.79 Å². The summed E-state index contributed by atoms with van der Waals surface area (Å²) in [6, 6.07) is 13.8. The van der Waals surface area contributed by atoms with Crippen molar-refractivity contribution in [3.8, 4) is 17.2 Å². The van der Waals surface area contributed by atoms with Crippen molar-refractivity contribution in [1.82, 2.24) is 10.1 Å². The molecule has 6 heteroatoms. The second-order valence-corrected chi connectivity index (χ2v) is 7.71. The number of amides is 1. The molecule has 1 aliphatic carbocycles. The highest BCUT2D eigenvalue weighted by Gasteiger charge is 2.36. The quantitative estimate of drug-likeness (QED) is 0.671. The van der Waals surface area contributed by atoms with Gasteiger partial charge in [-0.2, -0.15) is 4.98 Å². The van der Waals surface area contributed by atoms with E-state index in [9.17, 15) is 4.79 Å². The Morgan fingerprint density at radius 3 is 2.76 bits per heavy atom. The van der Waals surface area contributed by atoms with Crippen LogP contribution in [0.25, 0.3) is 11.5 Å². The number of nitrogens with zero attached hydrogens (tertiary/aromatic N) is 3. The fourth-order valence-corrected chi connectivity index (χ4v) is 4.38. The van der Waals surface area contributed by atoms with Crippen LogP contribution in [0, 0.1) is 0 Å². The summed E-state index contributed by atoms with van der Waals surface area (Å²) in [5, 5.41) is 4.17. The Bertz CT molecular complexity index is 1040. The minimum Gasteiger partial charge on any atom is -0.497 e. The monoisotopic (exact) mass is 389 g/mol. The lowest BCUT2D eigenvalue weighted by Crippen LogP contribution is -2.26. The van der Waals surface area contributed by atoms with Crippen molar-refractivity contribution in [3.63, 3.8) is 0 Å². The van der Waals surface area contributed by atoms with Gasteiger partial charge in [-0.1, -0.05) is 17.3 Å². The van der Waals surface area contributed by atoms with Crippen LogP contribution in [0.3, 0.4) is 0 Å².